The molecule has 1 rings (SSSR count). The summed E-state index contributed by atoms with van der Waals surface area (Å²) in [5.74, 6) is 0.0291. The zero-order valence-electron chi connectivity index (χ0n) is 11.3. The second kappa shape index (κ2) is 7.84. The highest BCUT2D eigenvalue weighted by atomic mass is 16.5. The molecule has 100 valence electrons. The normalized spacial score (nSPS) is 12.2. The van der Waals surface area contributed by atoms with Crippen LogP contribution in [0.25, 0.3) is 0 Å². The molecule has 0 aromatic heterocycles. The van der Waals surface area contributed by atoms with Crippen LogP contribution in [0.5, 0.6) is 0 Å². The van der Waals surface area contributed by atoms with Gasteiger partial charge in [0.25, 0.3) is 0 Å². The number of methoxy groups -OCH3 is 1. The molecule has 0 spiro atoms. The number of ether oxygens (including phenoxy) is 1. The molecule has 1 aromatic rings. The quantitative estimate of drug-likeness (QED) is 0.730. The number of carbonyl (C=O) groups is 1. The van der Waals surface area contributed by atoms with Crippen molar-refractivity contribution in [2.24, 2.45) is 0 Å². The molecule has 0 aliphatic rings. The van der Waals surface area contributed by atoms with E-state index in [1.54, 1.807) is 7.11 Å². The summed E-state index contributed by atoms with van der Waals surface area (Å²) in [6, 6.07) is 8.21. The van der Waals surface area contributed by atoms with Gasteiger partial charge in [0.1, 0.15) is 0 Å². The fourth-order valence-corrected chi connectivity index (χ4v) is 1.62. The molecule has 0 aliphatic heterocycles. The summed E-state index contributed by atoms with van der Waals surface area (Å²) in [6.07, 6.45) is 1.24. The van der Waals surface area contributed by atoms with Crippen LogP contribution in [0.4, 0.5) is 5.69 Å². The first-order valence-corrected chi connectivity index (χ1v) is 6.23. The number of nitrogens with one attached hydrogen (secondary N) is 2. The van der Waals surface area contributed by atoms with Crippen LogP contribution in [-0.4, -0.2) is 26.7 Å². The Labute approximate surface area is 109 Å². The molecule has 0 radical (unpaired) electrons. The standard InChI is InChI=1S/C14H22N2O2/c1-11(15-2)12-6-8-13(9-7-12)16-14(17)5-4-10-18-3/h6-9,11,15H,4-5,10H2,1-3H3,(H,16,17). The number of rotatable bonds is 7. The first-order valence-electron chi connectivity index (χ1n) is 6.23. The summed E-state index contributed by atoms with van der Waals surface area (Å²) in [5, 5.41) is 6.04. The van der Waals surface area contributed by atoms with Crippen molar-refractivity contribution in [3.8, 4) is 0 Å². The highest BCUT2D eigenvalue weighted by Crippen LogP contribution is 2.15. The molecule has 0 bridgehead atoms. The Morgan fingerprint density at radius 3 is 2.56 bits per heavy atom. The number of anilines is 1. The van der Waals surface area contributed by atoms with Crippen molar-refractivity contribution in [1.29, 1.82) is 0 Å². The Kier molecular flexibility index (Phi) is 6.39. The molecule has 0 fully saturated rings. The van der Waals surface area contributed by atoms with Crippen LogP contribution in [0.1, 0.15) is 31.4 Å². The summed E-state index contributed by atoms with van der Waals surface area (Å²) in [7, 11) is 3.57. The lowest BCUT2D eigenvalue weighted by atomic mass is 10.1. The van der Waals surface area contributed by atoms with Crippen molar-refractivity contribution in [2.75, 3.05) is 26.1 Å². The van der Waals surface area contributed by atoms with Crippen LogP contribution in [0.2, 0.25) is 0 Å². The molecule has 0 heterocycles. The molecule has 1 aromatic carbocycles. The van der Waals surface area contributed by atoms with Crippen LogP contribution < -0.4 is 10.6 Å². The molecule has 1 atom stereocenters. The molecule has 4 heteroatoms. The van der Waals surface area contributed by atoms with Gasteiger partial charge >= 0.3 is 0 Å². The second-order valence-electron chi connectivity index (χ2n) is 4.28. The van der Waals surface area contributed by atoms with Crippen molar-refractivity contribution in [3.05, 3.63) is 29.8 Å². The SMILES string of the molecule is CNC(C)c1ccc(NC(=O)CCCOC)cc1. The summed E-state index contributed by atoms with van der Waals surface area (Å²) in [4.78, 5) is 11.6. The molecular weight excluding hydrogens is 228 g/mol. The minimum Gasteiger partial charge on any atom is -0.385 e. The zero-order valence-corrected chi connectivity index (χ0v) is 11.3. The third-order valence-electron chi connectivity index (χ3n) is 2.88. The molecule has 1 unspecified atom stereocenters. The average molecular weight is 250 g/mol. The molecule has 18 heavy (non-hydrogen) atoms. The van der Waals surface area contributed by atoms with Gasteiger partial charge in [-0.05, 0) is 38.1 Å². The monoisotopic (exact) mass is 250 g/mol. The maximum Gasteiger partial charge on any atom is 0.224 e. The molecular formula is C14H22N2O2. The van der Waals surface area contributed by atoms with E-state index in [2.05, 4.69) is 17.6 Å². The number of benzene rings is 1. The summed E-state index contributed by atoms with van der Waals surface area (Å²) in [6.45, 7) is 2.71. The van der Waals surface area contributed by atoms with E-state index in [0.29, 0.717) is 19.1 Å². The predicted molar refractivity (Wildman–Crippen MR) is 73.7 cm³/mol. The minimum absolute atomic E-state index is 0.0291. The molecule has 4 nitrogen and oxygen atoms in total. The van der Waals surface area contributed by atoms with Crippen LogP contribution in [0.3, 0.4) is 0 Å². The molecule has 0 aliphatic carbocycles. The number of hydrogen-bond donors (Lipinski definition) is 2. The van der Waals surface area contributed by atoms with Crippen LogP contribution in [0, 0.1) is 0 Å². The van der Waals surface area contributed by atoms with Crippen molar-refractivity contribution >= 4 is 11.6 Å². The molecule has 0 saturated carbocycles. The van der Waals surface area contributed by atoms with Gasteiger partial charge in [-0.3, -0.25) is 4.79 Å². The number of carbonyl (C=O) groups excluding carboxylic acids is 1. The van der Waals surface area contributed by atoms with Crippen LogP contribution >= 0.6 is 0 Å². The Bertz CT molecular complexity index is 363. The largest absolute Gasteiger partial charge is 0.385 e. The predicted octanol–water partition coefficient (Wildman–Crippen LogP) is 2.33. The average Bonchev–Trinajstić information content (AvgIpc) is 2.39. The van der Waals surface area contributed by atoms with Gasteiger partial charge < -0.3 is 15.4 Å². The van der Waals surface area contributed by atoms with Crippen LogP contribution in [0.15, 0.2) is 24.3 Å². The van der Waals surface area contributed by atoms with Gasteiger partial charge in [-0.1, -0.05) is 12.1 Å². The van der Waals surface area contributed by atoms with E-state index in [4.69, 9.17) is 4.74 Å². The van der Waals surface area contributed by atoms with Gasteiger partial charge in [-0.15, -0.1) is 0 Å². The second-order valence-corrected chi connectivity index (χ2v) is 4.28. The lowest BCUT2D eigenvalue weighted by Gasteiger charge is -2.11. The van der Waals surface area contributed by atoms with Crippen molar-refractivity contribution in [3.63, 3.8) is 0 Å². The van der Waals surface area contributed by atoms with E-state index in [0.717, 1.165) is 12.1 Å². The van der Waals surface area contributed by atoms with E-state index >= 15 is 0 Å². The topological polar surface area (TPSA) is 50.4 Å². The van der Waals surface area contributed by atoms with Gasteiger partial charge in [0.2, 0.25) is 5.91 Å². The Morgan fingerprint density at radius 2 is 2.00 bits per heavy atom. The molecule has 0 saturated heterocycles. The first kappa shape index (κ1) is 14.7. The van der Waals surface area contributed by atoms with E-state index in [1.165, 1.54) is 5.56 Å². The van der Waals surface area contributed by atoms with E-state index in [-0.39, 0.29) is 5.91 Å². The maximum atomic E-state index is 11.6. The lowest BCUT2D eigenvalue weighted by molar-refractivity contribution is -0.116. The highest BCUT2D eigenvalue weighted by Gasteiger charge is 2.04. The summed E-state index contributed by atoms with van der Waals surface area (Å²) < 4.78 is 4.91. The van der Waals surface area contributed by atoms with E-state index in [9.17, 15) is 4.79 Å². The maximum absolute atomic E-state index is 11.6. The minimum atomic E-state index is 0.0291. The van der Waals surface area contributed by atoms with Gasteiger partial charge in [-0.2, -0.15) is 0 Å². The smallest absolute Gasteiger partial charge is 0.224 e. The Balaban J connectivity index is 2.45. The van der Waals surface area contributed by atoms with Crippen LogP contribution in [-0.2, 0) is 9.53 Å². The van der Waals surface area contributed by atoms with E-state index < -0.39 is 0 Å². The van der Waals surface area contributed by atoms with Crippen molar-refractivity contribution in [1.82, 2.24) is 5.32 Å². The third-order valence-corrected chi connectivity index (χ3v) is 2.88. The first-order chi connectivity index (χ1) is 8.67. The van der Waals surface area contributed by atoms with Gasteiger partial charge in [-0.25, -0.2) is 0 Å². The van der Waals surface area contributed by atoms with Gasteiger partial charge in [0, 0.05) is 31.9 Å². The zero-order chi connectivity index (χ0) is 13.4. The third kappa shape index (κ3) is 4.85. The van der Waals surface area contributed by atoms with Crippen molar-refractivity contribution in [2.45, 2.75) is 25.8 Å². The number of amides is 1. The Morgan fingerprint density at radius 1 is 1.33 bits per heavy atom. The highest BCUT2D eigenvalue weighted by molar-refractivity contribution is 5.90. The lowest BCUT2D eigenvalue weighted by Crippen LogP contribution is -2.13. The van der Waals surface area contributed by atoms with Gasteiger partial charge in [0.15, 0.2) is 0 Å². The van der Waals surface area contributed by atoms with Crippen molar-refractivity contribution < 1.29 is 9.53 Å². The Hall–Kier alpha value is -1.39. The summed E-state index contributed by atoms with van der Waals surface area (Å²) >= 11 is 0. The molecule has 2 N–H and O–H groups in total. The van der Waals surface area contributed by atoms with Gasteiger partial charge in [0.05, 0.1) is 0 Å². The fourth-order valence-electron chi connectivity index (χ4n) is 1.62. The fraction of sp³-hybridized carbons (Fsp3) is 0.500. The number of hydrogen-bond acceptors (Lipinski definition) is 3. The summed E-state index contributed by atoms with van der Waals surface area (Å²) in [5.41, 5.74) is 2.04. The molecule has 1 amide bonds. The van der Waals surface area contributed by atoms with E-state index in [1.807, 2.05) is 31.3 Å².